The SMILES string of the molecule is Cc1ccc(S(=O)(=O)N2CCN(c3nc(Cc4cc(C)ccc4C)cs3)CC2)cc1.Cc1ccc(S(=O)(=O)N2CCN(c3nc(Cc4ccc(Cl)cc4Cl)cs3)CC2)cc1. The Balaban J connectivity index is 0.000000181. The number of halogens is 2. The summed E-state index contributed by atoms with van der Waals surface area (Å²) in [5.41, 5.74) is 8.93. The predicted molar refractivity (Wildman–Crippen MR) is 247 cm³/mol. The smallest absolute Gasteiger partial charge is 0.243 e. The van der Waals surface area contributed by atoms with E-state index < -0.39 is 20.0 Å². The number of hydrogen-bond acceptors (Lipinski definition) is 10. The zero-order chi connectivity index (χ0) is 42.6. The lowest BCUT2D eigenvalue weighted by atomic mass is 10.0. The fourth-order valence-corrected chi connectivity index (χ4v) is 12.1. The largest absolute Gasteiger partial charge is 0.345 e. The number of anilines is 2. The van der Waals surface area contributed by atoms with E-state index in [9.17, 15) is 16.8 Å². The normalized spacial score (nSPS) is 15.5. The number of piperazine rings is 2. The molecule has 2 aromatic heterocycles. The van der Waals surface area contributed by atoms with Crippen LogP contribution in [-0.2, 0) is 32.9 Å². The summed E-state index contributed by atoms with van der Waals surface area (Å²) in [7, 11) is -6.90. The number of hydrogen-bond donors (Lipinski definition) is 0. The minimum Gasteiger partial charge on any atom is -0.345 e. The van der Waals surface area contributed by atoms with Gasteiger partial charge in [-0.2, -0.15) is 8.61 Å². The van der Waals surface area contributed by atoms with Gasteiger partial charge in [-0.05, 0) is 80.8 Å². The zero-order valence-electron chi connectivity index (χ0n) is 34.0. The summed E-state index contributed by atoms with van der Waals surface area (Å²) in [5, 5.41) is 7.26. The molecule has 2 aliphatic rings. The van der Waals surface area contributed by atoms with Crippen molar-refractivity contribution in [3.63, 3.8) is 0 Å². The highest BCUT2D eigenvalue weighted by Gasteiger charge is 2.31. The van der Waals surface area contributed by atoms with Crippen LogP contribution in [0, 0.1) is 27.7 Å². The van der Waals surface area contributed by atoms with Crippen LogP contribution in [0.5, 0.6) is 0 Å². The molecule has 60 heavy (non-hydrogen) atoms. The fourth-order valence-electron chi connectivity index (χ4n) is 7.05. The van der Waals surface area contributed by atoms with Crippen molar-refractivity contribution in [3.05, 3.63) is 151 Å². The van der Waals surface area contributed by atoms with E-state index in [-0.39, 0.29) is 0 Å². The van der Waals surface area contributed by atoms with E-state index in [0.717, 1.165) is 44.8 Å². The minimum absolute atomic E-state index is 0.345. The molecule has 2 saturated heterocycles. The number of thiazole rings is 2. The highest BCUT2D eigenvalue weighted by molar-refractivity contribution is 7.89. The monoisotopic (exact) mass is 922 g/mol. The Bertz CT molecular complexity index is 2640. The summed E-state index contributed by atoms with van der Waals surface area (Å²) in [4.78, 5) is 14.6. The minimum atomic E-state index is -3.46. The van der Waals surface area contributed by atoms with E-state index in [1.165, 1.54) is 16.7 Å². The first-order chi connectivity index (χ1) is 28.6. The molecule has 16 heteroatoms. The molecule has 0 radical (unpaired) electrons. The molecule has 0 saturated carbocycles. The van der Waals surface area contributed by atoms with Crippen LogP contribution in [-0.4, -0.2) is 87.8 Å². The molecule has 0 spiro atoms. The van der Waals surface area contributed by atoms with Gasteiger partial charge < -0.3 is 9.80 Å². The third-order valence-electron chi connectivity index (χ3n) is 10.7. The maximum atomic E-state index is 12.9. The van der Waals surface area contributed by atoms with Gasteiger partial charge in [0.15, 0.2) is 10.3 Å². The van der Waals surface area contributed by atoms with Crippen LogP contribution in [0.15, 0.2) is 105 Å². The number of nitrogens with zero attached hydrogens (tertiary/aromatic N) is 6. The number of aromatic nitrogens is 2. The summed E-state index contributed by atoms with van der Waals surface area (Å²) in [6.45, 7) is 12.5. The lowest BCUT2D eigenvalue weighted by Crippen LogP contribution is -2.48. The standard InChI is InChI=1S/C23H27N3O2S2.C21H21Cl2N3O2S2/c1-17-5-8-22(9-6-17)30(27,28)26-12-10-25(11-13-26)23-24-21(16-29-23)15-20-14-18(2)4-7-19(20)3;1-15-2-6-19(7-3-15)30(27,28)26-10-8-25(9-11-26)21-24-18(14-29-21)12-16-4-5-17(22)13-20(16)23/h4-9,14,16H,10-13,15H2,1-3H3;2-7,13-14H,8-12H2,1H3. The van der Waals surface area contributed by atoms with Gasteiger partial charge in [0, 0.05) is 86.0 Å². The topological polar surface area (TPSA) is 107 Å². The Morgan fingerprint density at radius 1 is 0.533 bits per heavy atom. The van der Waals surface area contributed by atoms with Crippen molar-refractivity contribution < 1.29 is 16.8 Å². The molecule has 2 fully saturated rings. The number of rotatable bonds is 10. The fraction of sp³-hybridized carbons (Fsp3) is 0.318. The van der Waals surface area contributed by atoms with Gasteiger partial charge in [-0.25, -0.2) is 26.8 Å². The van der Waals surface area contributed by atoms with Gasteiger partial charge in [-0.15, -0.1) is 22.7 Å². The van der Waals surface area contributed by atoms with Crippen LogP contribution < -0.4 is 9.80 Å². The second-order valence-electron chi connectivity index (χ2n) is 15.2. The highest BCUT2D eigenvalue weighted by atomic mass is 35.5. The molecule has 6 aromatic rings. The molecular formula is C44H48Cl2N6O4S4. The van der Waals surface area contributed by atoms with Crippen molar-refractivity contribution in [1.29, 1.82) is 0 Å². The first-order valence-electron chi connectivity index (χ1n) is 19.7. The third-order valence-corrected chi connectivity index (χ3v) is 17.0. The van der Waals surface area contributed by atoms with Crippen LogP contribution in [0.1, 0.15) is 44.8 Å². The number of benzene rings is 4. The van der Waals surface area contributed by atoms with Gasteiger partial charge in [0.25, 0.3) is 0 Å². The van der Waals surface area contributed by atoms with Crippen molar-refractivity contribution in [2.45, 2.75) is 50.3 Å². The molecule has 0 amide bonds. The molecule has 0 aliphatic carbocycles. The van der Waals surface area contributed by atoms with Gasteiger partial charge in [-0.1, -0.05) is 88.4 Å². The van der Waals surface area contributed by atoms with Gasteiger partial charge in [0.05, 0.1) is 21.2 Å². The highest BCUT2D eigenvalue weighted by Crippen LogP contribution is 2.29. The molecule has 316 valence electrons. The molecule has 4 heterocycles. The summed E-state index contributed by atoms with van der Waals surface area (Å²) < 4.78 is 54.7. The van der Waals surface area contributed by atoms with Gasteiger partial charge in [0.1, 0.15) is 0 Å². The average Bonchev–Trinajstić information content (AvgIpc) is 3.91. The second kappa shape index (κ2) is 19.0. The maximum absolute atomic E-state index is 12.9. The van der Waals surface area contributed by atoms with Gasteiger partial charge >= 0.3 is 0 Å². The molecular weight excluding hydrogens is 876 g/mol. The molecule has 10 nitrogen and oxygen atoms in total. The van der Waals surface area contributed by atoms with Crippen molar-refractivity contribution in [1.82, 2.24) is 18.6 Å². The van der Waals surface area contributed by atoms with Gasteiger partial charge in [0.2, 0.25) is 20.0 Å². The number of aryl methyl sites for hydroxylation is 4. The van der Waals surface area contributed by atoms with E-state index in [2.05, 4.69) is 47.2 Å². The van der Waals surface area contributed by atoms with E-state index in [1.807, 2.05) is 55.6 Å². The Labute approximate surface area is 372 Å². The average molecular weight is 924 g/mol. The predicted octanol–water partition coefficient (Wildman–Crippen LogP) is 9.03. The third kappa shape index (κ3) is 10.6. The molecule has 0 atom stereocenters. The van der Waals surface area contributed by atoms with Crippen LogP contribution in [0.2, 0.25) is 10.0 Å². The van der Waals surface area contributed by atoms with Gasteiger partial charge in [-0.3, -0.25) is 0 Å². The second-order valence-corrected chi connectivity index (χ2v) is 21.6. The van der Waals surface area contributed by atoms with E-state index in [0.29, 0.717) is 78.6 Å². The van der Waals surface area contributed by atoms with E-state index in [4.69, 9.17) is 33.2 Å². The van der Waals surface area contributed by atoms with Crippen molar-refractivity contribution in [2.24, 2.45) is 0 Å². The number of sulfonamides is 2. The molecule has 0 N–H and O–H groups in total. The first kappa shape index (κ1) is 44.2. The Morgan fingerprint density at radius 3 is 1.42 bits per heavy atom. The summed E-state index contributed by atoms with van der Waals surface area (Å²) in [6, 6.07) is 26.1. The maximum Gasteiger partial charge on any atom is 0.243 e. The van der Waals surface area contributed by atoms with Crippen LogP contribution in [0.3, 0.4) is 0 Å². The van der Waals surface area contributed by atoms with Crippen LogP contribution >= 0.6 is 45.9 Å². The Kier molecular flexibility index (Phi) is 14.0. The van der Waals surface area contributed by atoms with Crippen LogP contribution in [0.25, 0.3) is 0 Å². The molecule has 0 unspecified atom stereocenters. The molecule has 8 rings (SSSR count). The lowest BCUT2D eigenvalue weighted by Gasteiger charge is -2.33. The van der Waals surface area contributed by atoms with Crippen molar-refractivity contribution in [3.8, 4) is 0 Å². The Morgan fingerprint density at radius 2 is 0.967 bits per heavy atom. The summed E-state index contributed by atoms with van der Waals surface area (Å²) in [5.74, 6) is 0. The van der Waals surface area contributed by atoms with E-state index >= 15 is 0 Å². The molecule has 2 aliphatic heterocycles. The molecule has 0 bridgehead atoms. The summed E-state index contributed by atoms with van der Waals surface area (Å²) >= 11 is 15.4. The first-order valence-corrected chi connectivity index (χ1v) is 25.1. The quantitative estimate of drug-likeness (QED) is 0.134. The van der Waals surface area contributed by atoms with Crippen molar-refractivity contribution >= 4 is 76.2 Å². The zero-order valence-corrected chi connectivity index (χ0v) is 38.8. The van der Waals surface area contributed by atoms with E-state index in [1.54, 1.807) is 61.6 Å². The lowest BCUT2D eigenvalue weighted by molar-refractivity contribution is 0.384. The Hall–Kier alpha value is -3.86. The molecule has 4 aromatic carbocycles. The summed E-state index contributed by atoms with van der Waals surface area (Å²) in [6.07, 6.45) is 1.46. The van der Waals surface area contributed by atoms with Crippen LogP contribution in [0.4, 0.5) is 10.3 Å². The van der Waals surface area contributed by atoms with Crippen molar-refractivity contribution in [2.75, 3.05) is 62.2 Å².